The van der Waals surface area contributed by atoms with Crippen LogP contribution in [0.15, 0.2) is 42.5 Å². The topological polar surface area (TPSA) is 17.1 Å². The molecule has 0 fully saturated rings. The molecule has 0 bridgehead atoms. The van der Waals surface area contributed by atoms with E-state index in [0.717, 1.165) is 29.5 Å². The van der Waals surface area contributed by atoms with Crippen molar-refractivity contribution in [2.45, 2.75) is 26.2 Å². The molecule has 0 aromatic heterocycles. The number of carbonyl (C=O) groups is 1. The molecule has 0 N–H and O–H groups in total. The molecule has 1 nitrogen and oxygen atoms in total. The fourth-order valence-electron chi connectivity index (χ4n) is 2.70. The van der Waals surface area contributed by atoms with Gasteiger partial charge in [-0.3, -0.25) is 4.79 Å². The summed E-state index contributed by atoms with van der Waals surface area (Å²) >= 11 is 0. The molecular formula is C17H16O. The highest BCUT2D eigenvalue weighted by Gasteiger charge is 2.15. The van der Waals surface area contributed by atoms with Crippen LogP contribution in [-0.2, 0) is 12.8 Å². The number of hydrogen-bond acceptors (Lipinski definition) is 1. The van der Waals surface area contributed by atoms with E-state index in [1.165, 1.54) is 17.5 Å². The number of fused-ring (bicyclic) bond motifs is 1. The molecule has 1 heteroatoms. The van der Waals surface area contributed by atoms with Crippen LogP contribution in [-0.4, -0.2) is 5.78 Å². The average molecular weight is 236 g/mol. The van der Waals surface area contributed by atoms with Crippen LogP contribution < -0.4 is 0 Å². The Labute approximate surface area is 107 Å². The number of aryl methyl sites for hydroxylation is 3. The van der Waals surface area contributed by atoms with E-state index in [1.54, 1.807) is 0 Å². The van der Waals surface area contributed by atoms with Gasteiger partial charge in [-0.05, 0) is 48.9 Å². The molecule has 0 radical (unpaired) electrons. The lowest BCUT2D eigenvalue weighted by Crippen LogP contribution is -2.04. The molecule has 2 aromatic carbocycles. The minimum atomic E-state index is 0.141. The summed E-state index contributed by atoms with van der Waals surface area (Å²) in [5, 5.41) is 0. The van der Waals surface area contributed by atoms with E-state index in [1.807, 2.05) is 37.3 Å². The van der Waals surface area contributed by atoms with Gasteiger partial charge in [0.1, 0.15) is 0 Å². The summed E-state index contributed by atoms with van der Waals surface area (Å²) in [4.78, 5) is 12.5. The highest BCUT2D eigenvalue weighted by Crippen LogP contribution is 2.24. The van der Waals surface area contributed by atoms with E-state index < -0.39 is 0 Å². The zero-order valence-corrected chi connectivity index (χ0v) is 10.6. The average Bonchev–Trinajstić information content (AvgIpc) is 2.85. The summed E-state index contributed by atoms with van der Waals surface area (Å²) in [6.45, 7) is 1.99. The van der Waals surface area contributed by atoms with Crippen molar-refractivity contribution in [3.63, 3.8) is 0 Å². The first-order valence-electron chi connectivity index (χ1n) is 6.48. The SMILES string of the molecule is Cc1ccccc1C(=O)c1ccc2c(c1)CCC2. The van der Waals surface area contributed by atoms with Crippen LogP contribution in [0.1, 0.15) is 39.0 Å². The molecule has 18 heavy (non-hydrogen) atoms. The molecule has 0 spiro atoms. The van der Waals surface area contributed by atoms with Crippen molar-refractivity contribution in [3.8, 4) is 0 Å². The second kappa shape index (κ2) is 4.41. The Balaban J connectivity index is 2.01. The second-order valence-corrected chi connectivity index (χ2v) is 4.98. The van der Waals surface area contributed by atoms with Crippen molar-refractivity contribution in [3.05, 3.63) is 70.3 Å². The third-order valence-corrected chi connectivity index (χ3v) is 3.75. The van der Waals surface area contributed by atoms with Crippen molar-refractivity contribution < 1.29 is 4.79 Å². The summed E-state index contributed by atoms with van der Waals surface area (Å²) in [6, 6.07) is 14.0. The molecule has 0 unspecified atom stereocenters. The quantitative estimate of drug-likeness (QED) is 0.726. The van der Waals surface area contributed by atoms with Crippen LogP contribution in [0.4, 0.5) is 0 Å². The zero-order valence-electron chi connectivity index (χ0n) is 10.6. The van der Waals surface area contributed by atoms with E-state index in [-0.39, 0.29) is 5.78 Å². The predicted molar refractivity (Wildman–Crippen MR) is 73.1 cm³/mol. The fraction of sp³-hybridized carbons (Fsp3) is 0.235. The molecule has 0 heterocycles. The first kappa shape index (κ1) is 11.2. The fourth-order valence-corrected chi connectivity index (χ4v) is 2.70. The molecule has 0 saturated carbocycles. The summed E-state index contributed by atoms with van der Waals surface area (Å²) in [7, 11) is 0. The van der Waals surface area contributed by atoms with Gasteiger partial charge in [-0.1, -0.05) is 36.4 Å². The van der Waals surface area contributed by atoms with E-state index in [4.69, 9.17) is 0 Å². The van der Waals surface area contributed by atoms with Crippen molar-refractivity contribution in [1.82, 2.24) is 0 Å². The Morgan fingerprint density at radius 2 is 1.78 bits per heavy atom. The number of carbonyl (C=O) groups excluding carboxylic acids is 1. The lowest BCUT2D eigenvalue weighted by molar-refractivity contribution is 0.103. The normalized spacial score (nSPS) is 13.4. The van der Waals surface area contributed by atoms with Crippen LogP contribution in [0.3, 0.4) is 0 Å². The highest BCUT2D eigenvalue weighted by molar-refractivity contribution is 6.10. The molecule has 3 rings (SSSR count). The Bertz CT molecular complexity index is 611. The molecule has 2 aromatic rings. The lowest BCUT2D eigenvalue weighted by Gasteiger charge is -2.06. The summed E-state index contributed by atoms with van der Waals surface area (Å²) < 4.78 is 0. The van der Waals surface area contributed by atoms with Crippen molar-refractivity contribution >= 4 is 5.78 Å². The lowest BCUT2D eigenvalue weighted by atomic mass is 9.97. The smallest absolute Gasteiger partial charge is 0.193 e. The Morgan fingerprint density at radius 1 is 1.00 bits per heavy atom. The number of benzene rings is 2. The van der Waals surface area contributed by atoms with Crippen LogP contribution in [0.5, 0.6) is 0 Å². The maximum atomic E-state index is 12.5. The van der Waals surface area contributed by atoms with Gasteiger partial charge in [0.25, 0.3) is 0 Å². The van der Waals surface area contributed by atoms with Gasteiger partial charge in [-0.2, -0.15) is 0 Å². The standard InChI is InChI=1S/C17H16O/c1-12-5-2-3-8-16(12)17(18)15-10-9-13-6-4-7-14(13)11-15/h2-3,5,8-11H,4,6-7H2,1H3. The van der Waals surface area contributed by atoms with Gasteiger partial charge in [0.2, 0.25) is 0 Å². The third-order valence-electron chi connectivity index (χ3n) is 3.75. The van der Waals surface area contributed by atoms with Gasteiger partial charge >= 0.3 is 0 Å². The van der Waals surface area contributed by atoms with Crippen LogP contribution >= 0.6 is 0 Å². The monoisotopic (exact) mass is 236 g/mol. The van der Waals surface area contributed by atoms with Gasteiger partial charge in [0.05, 0.1) is 0 Å². The Morgan fingerprint density at radius 3 is 2.61 bits per heavy atom. The molecule has 0 saturated heterocycles. The summed E-state index contributed by atoms with van der Waals surface area (Å²) in [5.74, 6) is 0.141. The number of rotatable bonds is 2. The maximum absolute atomic E-state index is 12.5. The molecule has 1 aliphatic carbocycles. The highest BCUT2D eigenvalue weighted by atomic mass is 16.1. The van der Waals surface area contributed by atoms with Crippen LogP contribution in [0, 0.1) is 6.92 Å². The van der Waals surface area contributed by atoms with Gasteiger partial charge in [-0.25, -0.2) is 0 Å². The van der Waals surface area contributed by atoms with E-state index in [2.05, 4.69) is 12.1 Å². The van der Waals surface area contributed by atoms with Gasteiger partial charge in [0, 0.05) is 11.1 Å². The van der Waals surface area contributed by atoms with Gasteiger partial charge < -0.3 is 0 Å². The summed E-state index contributed by atoms with van der Waals surface area (Å²) in [6.07, 6.45) is 3.50. The third kappa shape index (κ3) is 1.86. The minimum absolute atomic E-state index is 0.141. The van der Waals surface area contributed by atoms with Crippen molar-refractivity contribution in [2.75, 3.05) is 0 Å². The molecule has 90 valence electrons. The van der Waals surface area contributed by atoms with Crippen LogP contribution in [0.2, 0.25) is 0 Å². The number of ketones is 1. The zero-order chi connectivity index (χ0) is 12.5. The van der Waals surface area contributed by atoms with Gasteiger partial charge in [-0.15, -0.1) is 0 Å². The van der Waals surface area contributed by atoms with E-state index in [9.17, 15) is 4.79 Å². The predicted octanol–water partition coefficient (Wildman–Crippen LogP) is 3.71. The minimum Gasteiger partial charge on any atom is -0.289 e. The molecule has 0 amide bonds. The largest absolute Gasteiger partial charge is 0.289 e. The number of hydrogen-bond donors (Lipinski definition) is 0. The summed E-state index contributed by atoms with van der Waals surface area (Å²) in [5.41, 5.74) is 5.45. The van der Waals surface area contributed by atoms with Crippen molar-refractivity contribution in [1.29, 1.82) is 0 Å². The second-order valence-electron chi connectivity index (χ2n) is 4.98. The van der Waals surface area contributed by atoms with Crippen molar-refractivity contribution in [2.24, 2.45) is 0 Å². The first-order chi connectivity index (χ1) is 8.75. The molecule has 0 aliphatic heterocycles. The molecular weight excluding hydrogens is 220 g/mol. The maximum Gasteiger partial charge on any atom is 0.193 e. The molecule has 0 atom stereocenters. The first-order valence-corrected chi connectivity index (χ1v) is 6.48. The van der Waals surface area contributed by atoms with E-state index in [0.29, 0.717) is 0 Å². The van der Waals surface area contributed by atoms with Crippen LogP contribution in [0.25, 0.3) is 0 Å². The van der Waals surface area contributed by atoms with E-state index >= 15 is 0 Å². The molecule has 1 aliphatic rings. The Hall–Kier alpha value is -1.89. The van der Waals surface area contributed by atoms with Gasteiger partial charge in [0.15, 0.2) is 5.78 Å². The Kier molecular flexibility index (Phi) is 2.75.